The molecule has 0 radical (unpaired) electrons. The molecule has 10 nitrogen and oxygen atoms in total. The molecule has 12 rings (SSSR count). The summed E-state index contributed by atoms with van der Waals surface area (Å²) in [6.45, 7) is 13.8. The van der Waals surface area contributed by atoms with Crippen LogP contribution in [0.3, 0.4) is 0 Å². The van der Waals surface area contributed by atoms with Gasteiger partial charge in [-0.3, -0.25) is 0 Å². The molecule has 6 saturated heterocycles. The molecule has 4 aliphatic carbocycles. The first-order valence-corrected chi connectivity index (χ1v) is 23.9. The van der Waals surface area contributed by atoms with Crippen molar-refractivity contribution in [3.63, 3.8) is 0 Å². The summed E-state index contributed by atoms with van der Waals surface area (Å²) >= 11 is 0. The summed E-state index contributed by atoms with van der Waals surface area (Å²) in [6.07, 6.45) is 9.02. The Kier molecular flexibility index (Phi) is 9.91. The van der Waals surface area contributed by atoms with Gasteiger partial charge in [0.15, 0.2) is 0 Å². The summed E-state index contributed by atoms with van der Waals surface area (Å²) < 4.78 is 35.0. The van der Waals surface area contributed by atoms with Gasteiger partial charge in [0.2, 0.25) is 0 Å². The molecule has 10 aliphatic rings. The summed E-state index contributed by atoms with van der Waals surface area (Å²) in [5.74, 6) is 3.35. The third-order valence-electron chi connectivity index (χ3n) is 16.7. The van der Waals surface area contributed by atoms with Crippen molar-refractivity contribution < 1.29 is 47.5 Å². The molecule has 0 amide bonds. The Balaban J connectivity index is 1.03. The predicted molar refractivity (Wildman–Crippen MR) is 215 cm³/mol. The Morgan fingerprint density at radius 3 is 1.65 bits per heavy atom. The van der Waals surface area contributed by atoms with Crippen molar-refractivity contribution >= 4 is 8.17 Å². The van der Waals surface area contributed by atoms with E-state index in [0.717, 1.165) is 64.2 Å². The van der Waals surface area contributed by atoms with E-state index in [1.54, 1.807) is 0 Å². The first kappa shape index (κ1) is 39.3. The second-order valence-corrected chi connectivity index (χ2v) is 21.9. The summed E-state index contributed by atoms with van der Waals surface area (Å²) in [4.78, 5) is 38.8. The van der Waals surface area contributed by atoms with E-state index < -0.39 is 37.2 Å². The van der Waals surface area contributed by atoms with Crippen LogP contribution in [0.2, 0.25) is 0 Å². The number of hydrogen-bond acceptors (Lipinski definition) is 10. The van der Waals surface area contributed by atoms with E-state index in [9.17, 15) is 4.89 Å². The zero-order valence-corrected chi connectivity index (χ0v) is 35.7. The third kappa shape index (κ3) is 6.45. The molecule has 10 fully saturated rings. The first-order chi connectivity index (χ1) is 27.3. The van der Waals surface area contributed by atoms with Crippen molar-refractivity contribution in [2.45, 2.75) is 165 Å². The molecule has 2 aromatic carbocycles. The van der Waals surface area contributed by atoms with Crippen LogP contribution in [-0.2, 0) is 33.5 Å². The first-order valence-electron chi connectivity index (χ1n) is 22.3. The van der Waals surface area contributed by atoms with Gasteiger partial charge in [-0.15, -0.1) is 0 Å². The Bertz CT molecular complexity index is 1710. The second-order valence-electron chi connectivity index (χ2n) is 20.2. The molecule has 1 N–H and O–H groups in total. The van der Waals surface area contributed by atoms with Gasteiger partial charge in [-0.05, 0) is 0 Å². The molecule has 6 aliphatic heterocycles. The van der Waals surface area contributed by atoms with E-state index in [0.29, 0.717) is 41.6 Å². The van der Waals surface area contributed by atoms with E-state index in [2.05, 4.69) is 41.5 Å². The molecular formula is C46H65O10P. The van der Waals surface area contributed by atoms with Gasteiger partial charge < -0.3 is 0 Å². The Morgan fingerprint density at radius 1 is 0.632 bits per heavy atom. The van der Waals surface area contributed by atoms with E-state index >= 15 is 0 Å². The molecule has 17 atom stereocenters. The standard InChI is InChI=1S/C46H65O10P/c1-28-17-19-36-30(3)38(48-40-26-43(5)23-21-34(28)45(36,40)55-53-43)25-39(52-57(47,50-32-13-9-7-10-14-32)51-33-15-11-8-12-16-33)42-31(4)37-20-18-29(2)35-22-24-44(6)27-41(49-42)46(35,37)56-54-44/h7-16,28-31,34-42,47,57H,17-27H2,1-6H3/t28-,29-,30-,31-,34+,35+,36+,37+,38-,39+,40-,41-,42?,43+,44+,45-,46-/m1/s1. The van der Waals surface area contributed by atoms with Crippen LogP contribution in [0.15, 0.2) is 60.7 Å². The summed E-state index contributed by atoms with van der Waals surface area (Å²) in [5, 5.41) is 0. The fourth-order valence-electron chi connectivity index (χ4n) is 13.7. The van der Waals surface area contributed by atoms with Gasteiger partial charge in [-0.25, -0.2) is 0 Å². The van der Waals surface area contributed by atoms with E-state index in [4.69, 9.17) is 42.6 Å². The average Bonchev–Trinajstić information content (AvgIpc) is 3.57. The molecule has 2 aromatic rings. The summed E-state index contributed by atoms with van der Waals surface area (Å²) in [5.41, 5.74) is -1.81. The topological polar surface area (TPSA) is 103 Å². The fourth-order valence-corrected chi connectivity index (χ4v) is 15.4. The molecule has 4 saturated carbocycles. The van der Waals surface area contributed by atoms with Gasteiger partial charge in [-0.1, -0.05) is 0 Å². The van der Waals surface area contributed by atoms with Crippen LogP contribution in [0.5, 0.6) is 11.5 Å². The normalized spacial score (nSPS) is 48.1. The van der Waals surface area contributed by atoms with Crippen LogP contribution in [0, 0.1) is 47.3 Å². The molecule has 314 valence electrons. The van der Waals surface area contributed by atoms with Crippen molar-refractivity contribution in [1.29, 1.82) is 0 Å². The molecule has 0 aromatic heterocycles. The quantitative estimate of drug-likeness (QED) is 0.195. The summed E-state index contributed by atoms with van der Waals surface area (Å²) in [6, 6.07) is 18.7. The van der Waals surface area contributed by atoms with Crippen LogP contribution < -0.4 is 9.05 Å². The second kappa shape index (κ2) is 14.4. The van der Waals surface area contributed by atoms with Gasteiger partial charge in [0.25, 0.3) is 0 Å². The van der Waals surface area contributed by atoms with Gasteiger partial charge in [0.1, 0.15) is 0 Å². The summed E-state index contributed by atoms with van der Waals surface area (Å²) in [7, 11) is -4.48. The molecular weight excluding hydrogens is 743 g/mol. The van der Waals surface area contributed by atoms with Crippen LogP contribution in [0.1, 0.15) is 112 Å². The molecule has 4 bridgehead atoms. The minimum atomic E-state index is -4.48. The van der Waals surface area contributed by atoms with Crippen molar-refractivity contribution in [3.8, 4) is 11.5 Å². The van der Waals surface area contributed by atoms with E-state index in [-0.39, 0.29) is 47.6 Å². The molecule has 1 unspecified atom stereocenters. The molecule has 2 spiro atoms. The molecule has 57 heavy (non-hydrogen) atoms. The van der Waals surface area contributed by atoms with Gasteiger partial charge in [0.05, 0.1) is 0 Å². The number of ether oxygens (including phenoxy) is 2. The molecule has 6 heterocycles. The number of fused-ring (bicyclic) bond motifs is 4. The van der Waals surface area contributed by atoms with Gasteiger partial charge in [0, 0.05) is 0 Å². The van der Waals surface area contributed by atoms with Crippen molar-refractivity contribution in [3.05, 3.63) is 60.7 Å². The SMILES string of the molecule is C[C@H]1[C@@H](C[C@H](O[PH](O)(Oc2ccccc2)Oc2ccccc2)C2O[C@@H]3C[C@]4(C)CC[C@H]5[C@H](C)CC[C@@H]([C@H]2C)[C@@]35OO4)O[C@@H]2C[C@]3(C)CC[C@H]4[C@H](C)CC[C@@H]1[C@@]24OO3. The minimum absolute atomic E-state index is 0.0219. The van der Waals surface area contributed by atoms with Crippen molar-refractivity contribution in [2.75, 3.05) is 0 Å². The maximum atomic E-state index is 12.7. The van der Waals surface area contributed by atoms with E-state index in [1.807, 2.05) is 60.7 Å². The zero-order valence-electron chi connectivity index (χ0n) is 34.7. The molecule has 11 heteroatoms. The average molecular weight is 809 g/mol. The van der Waals surface area contributed by atoms with Gasteiger partial charge >= 0.3 is 340 Å². The van der Waals surface area contributed by atoms with Crippen molar-refractivity contribution in [2.24, 2.45) is 47.3 Å². The van der Waals surface area contributed by atoms with Crippen LogP contribution in [-0.4, -0.2) is 57.8 Å². The monoisotopic (exact) mass is 808 g/mol. The Hall–Kier alpha value is -1.85. The number of para-hydroxylation sites is 2. The third-order valence-corrected chi connectivity index (χ3v) is 18.3. The number of benzene rings is 2. The number of rotatable bonds is 9. The Morgan fingerprint density at radius 2 is 1.12 bits per heavy atom. The maximum absolute atomic E-state index is 12.7. The van der Waals surface area contributed by atoms with Crippen LogP contribution in [0.4, 0.5) is 0 Å². The zero-order chi connectivity index (χ0) is 39.4. The van der Waals surface area contributed by atoms with Crippen LogP contribution in [0.25, 0.3) is 0 Å². The van der Waals surface area contributed by atoms with E-state index in [1.165, 1.54) is 0 Å². The van der Waals surface area contributed by atoms with Gasteiger partial charge in [-0.2, -0.15) is 0 Å². The fraction of sp³-hybridized carbons (Fsp3) is 0.739. The van der Waals surface area contributed by atoms with Crippen molar-refractivity contribution in [1.82, 2.24) is 0 Å². The Labute approximate surface area is 339 Å². The predicted octanol–water partition coefficient (Wildman–Crippen LogP) is 9.74. The number of hydrogen-bond donors (Lipinski definition) is 1. The van der Waals surface area contributed by atoms with Crippen LogP contribution >= 0.6 is 8.17 Å².